The van der Waals surface area contributed by atoms with Crippen molar-refractivity contribution >= 4 is 27.5 Å². The summed E-state index contributed by atoms with van der Waals surface area (Å²) in [5.74, 6) is 0.559. The van der Waals surface area contributed by atoms with Crippen molar-refractivity contribution < 1.29 is 17.9 Å². The van der Waals surface area contributed by atoms with Crippen molar-refractivity contribution in [3.8, 4) is 5.75 Å². The number of carbonyl (C=O) groups excluding carboxylic acids is 1. The molecule has 0 saturated carbocycles. The molecule has 2 aromatic carbocycles. The predicted molar refractivity (Wildman–Crippen MR) is 122 cm³/mol. The summed E-state index contributed by atoms with van der Waals surface area (Å²) in [6, 6.07) is 12.1. The van der Waals surface area contributed by atoms with Crippen LogP contribution in [0.2, 0.25) is 5.02 Å². The van der Waals surface area contributed by atoms with Gasteiger partial charge >= 0.3 is 0 Å². The number of benzene rings is 2. The smallest absolute Gasteiger partial charge is 0.263 e. The number of ether oxygens (including phenoxy) is 1. The monoisotopic (exact) mass is 464 g/mol. The molecule has 1 amide bonds. The molecule has 1 heterocycles. The highest BCUT2D eigenvalue weighted by Gasteiger charge is 2.28. The molecule has 2 atom stereocenters. The molecule has 0 radical (unpaired) electrons. The third-order valence-corrected chi connectivity index (χ3v) is 7.38. The molecule has 1 N–H and O–H groups in total. The van der Waals surface area contributed by atoms with Crippen LogP contribution in [0.4, 0.5) is 0 Å². The first-order valence-corrected chi connectivity index (χ1v) is 12.3. The maximum absolute atomic E-state index is 12.9. The lowest BCUT2D eigenvalue weighted by atomic mass is 9.98. The normalized spacial score (nSPS) is 17.9. The highest BCUT2D eigenvalue weighted by Crippen LogP contribution is 2.23. The van der Waals surface area contributed by atoms with Crippen molar-refractivity contribution in [3.63, 3.8) is 0 Å². The van der Waals surface area contributed by atoms with Crippen LogP contribution in [0.15, 0.2) is 47.4 Å². The minimum atomic E-state index is -3.57. The first-order chi connectivity index (χ1) is 14.7. The van der Waals surface area contributed by atoms with E-state index < -0.39 is 16.1 Å². The molecule has 1 aliphatic heterocycles. The summed E-state index contributed by atoms with van der Waals surface area (Å²) in [5.41, 5.74) is 1.89. The number of aryl methyl sites for hydroxylation is 2. The summed E-state index contributed by atoms with van der Waals surface area (Å²) in [4.78, 5) is 14.9. The molecule has 3 rings (SSSR count). The Morgan fingerprint density at radius 1 is 1.23 bits per heavy atom. The zero-order chi connectivity index (χ0) is 22.6. The van der Waals surface area contributed by atoms with Crippen molar-refractivity contribution in [2.45, 2.75) is 44.6 Å². The number of hydrogen-bond acceptors (Lipinski definition) is 4. The average molecular weight is 465 g/mol. The zero-order valence-corrected chi connectivity index (χ0v) is 19.7. The van der Waals surface area contributed by atoms with E-state index in [0.29, 0.717) is 30.4 Å². The van der Waals surface area contributed by atoms with Crippen molar-refractivity contribution in [1.29, 1.82) is 0 Å². The summed E-state index contributed by atoms with van der Waals surface area (Å²) in [6.45, 7) is 6.97. The van der Waals surface area contributed by atoms with Crippen LogP contribution in [-0.4, -0.2) is 45.0 Å². The van der Waals surface area contributed by atoms with Gasteiger partial charge in [-0.1, -0.05) is 29.3 Å². The molecular weight excluding hydrogens is 436 g/mol. The van der Waals surface area contributed by atoms with Gasteiger partial charge < -0.3 is 9.64 Å². The highest BCUT2D eigenvalue weighted by atomic mass is 35.5. The maximum Gasteiger partial charge on any atom is 0.263 e. The Bertz CT molecular complexity index is 1020. The van der Waals surface area contributed by atoms with E-state index in [1.165, 1.54) is 0 Å². The Morgan fingerprint density at radius 3 is 2.61 bits per heavy atom. The molecule has 1 aliphatic rings. The van der Waals surface area contributed by atoms with E-state index in [-0.39, 0.29) is 16.7 Å². The lowest BCUT2D eigenvalue weighted by Crippen LogP contribution is -2.47. The fraction of sp³-hybridized carbons (Fsp3) is 0.435. The number of likely N-dealkylation sites (tertiary alicyclic amines) is 1. The van der Waals surface area contributed by atoms with Gasteiger partial charge in [-0.15, -0.1) is 0 Å². The molecule has 1 saturated heterocycles. The van der Waals surface area contributed by atoms with Crippen LogP contribution in [0.1, 0.15) is 30.9 Å². The quantitative estimate of drug-likeness (QED) is 0.673. The molecule has 1 fully saturated rings. The van der Waals surface area contributed by atoms with Gasteiger partial charge in [0.15, 0.2) is 6.10 Å². The number of nitrogens with one attached hydrogen (secondary N) is 1. The van der Waals surface area contributed by atoms with Crippen LogP contribution < -0.4 is 9.46 Å². The number of halogens is 1. The van der Waals surface area contributed by atoms with Gasteiger partial charge in [-0.3, -0.25) is 4.79 Å². The van der Waals surface area contributed by atoms with Gasteiger partial charge in [0, 0.05) is 24.7 Å². The molecule has 0 aliphatic carbocycles. The molecule has 2 aromatic rings. The highest BCUT2D eigenvalue weighted by molar-refractivity contribution is 7.89. The Labute approximate surface area is 189 Å². The SMILES string of the molecule is Cc1ccc(S(=O)(=O)NCC2CCCN(C(=O)C(C)Oc3ccc(Cl)c(C)c3)C2)cc1. The third kappa shape index (κ3) is 6.21. The molecular formula is C23H29ClN2O4S. The van der Waals surface area contributed by atoms with E-state index in [2.05, 4.69) is 4.72 Å². The van der Waals surface area contributed by atoms with Crippen molar-refractivity contribution in [2.24, 2.45) is 5.92 Å². The average Bonchev–Trinajstić information content (AvgIpc) is 2.75. The van der Waals surface area contributed by atoms with Crippen molar-refractivity contribution in [2.75, 3.05) is 19.6 Å². The number of nitrogens with zero attached hydrogens (tertiary/aromatic N) is 1. The topological polar surface area (TPSA) is 75.7 Å². The molecule has 168 valence electrons. The molecule has 0 bridgehead atoms. The third-order valence-electron chi connectivity index (χ3n) is 5.51. The molecule has 0 spiro atoms. The van der Waals surface area contributed by atoms with E-state index in [0.717, 1.165) is 24.0 Å². The second-order valence-electron chi connectivity index (χ2n) is 8.13. The molecule has 0 aromatic heterocycles. The Kier molecular flexibility index (Phi) is 7.62. The fourth-order valence-corrected chi connectivity index (χ4v) is 4.90. The second kappa shape index (κ2) is 10.0. The summed E-state index contributed by atoms with van der Waals surface area (Å²) < 4.78 is 33.6. The first-order valence-electron chi connectivity index (χ1n) is 10.4. The van der Waals surface area contributed by atoms with Gasteiger partial charge in [-0.05, 0) is 75.4 Å². The molecule has 2 unspecified atom stereocenters. The van der Waals surface area contributed by atoms with Gasteiger partial charge in [-0.25, -0.2) is 13.1 Å². The first kappa shape index (κ1) is 23.6. The Balaban J connectivity index is 1.56. The van der Waals surface area contributed by atoms with Crippen LogP contribution in [0.3, 0.4) is 0 Å². The molecule has 8 heteroatoms. The molecule has 6 nitrogen and oxygen atoms in total. The Hall–Kier alpha value is -2.09. The van der Waals surface area contributed by atoms with Crippen LogP contribution >= 0.6 is 11.6 Å². The van der Waals surface area contributed by atoms with Crippen LogP contribution in [0.25, 0.3) is 0 Å². The second-order valence-corrected chi connectivity index (χ2v) is 10.3. The predicted octanol–water partition coefficient (Wildman–Crippen LogP) is 3.94. The number of hydrogen-bond donors (Lipinski definition) is 1. The zero-order valence-electron chi connectivity index (χ0n) is 18.1. The summed E-state index contributed by atoms with van der Waals surface area (Å²) in [6.07, 6.45) is 1.06. The number of carbonyl (C=O) groups is 1. The van der Waals surface area contributed by atoms with Crippen LogP contribution in [0.5, 0.6) is 5.75 Å². The van der Waals surface area contributed by atoms with Crippen molar-refractivity contribution in [1.82, 2.24) is 9.62 Å². The van der Waals surface area contributed by atoms with E-state index in [1.807, 2.05) is 19.9 Å². The maximum atomic E-state index is 12.9. The summed E-state index contributed by atoms with van der Waals surface area (Å²) >= 11 is 6.05. The van der Waals surface area contributed by atoms with Gasteiger partial charge in [0.2, 0.25) is 10.0 Å². The minimum Gasteiger partial charge on any atom is -0.481 e. The number of amides is 1. The lowest BCUT2D eigenvalue weighted by Gasteiger charge is -2.34. The van der Waals surface area contributed by atoms with E-state index in [4.69, 9.17) is 16.3 Å². The van der Waals surface area contributed by atoms with Crippen LogP contribution in [-0.2, 0) is 14.8 Å². The standard InChI is InChI=1S/C23H29ClN2O4S/c1-16-6-9-21(10-7-16)31(28,29)25-14-19-5-4-12-26(15-19)23(27)18(3)30-20-8-11-22(24)17(2)13-20/h6-11,13,18-19,25H,4-5,12,14-15H2,1-3H3. The number of rotatable bonds is 7. The van der Waals surface area contributed by atoms with Gasteiger partial charge in [0.25, 0.3) is 5.91 Å². The van der Waals surface area contributed by atoms with Gasteiger partial charge in [0.05, 0.1) is 4.90 Å². The van der Waals surface area contributed by atoms with Gasteiger partial charge in [-0.2, -0.15) is 0 Å². The minimum absolute atomic E-state index is 0.0582. The van der Waals surface area contributed by atoms with Crippen LogP contribution in [0, 0.1) is 19.8 Å². The Morgan fingerprint density at radius 2 is 1.94 bits per heavy atom. The van der Waals surface area contributed by atoms with E-state index >= 15 is 0 Å². The van der Waals surface area contributed by atoms with E-state index in [9.17, 15) is 13.2 Å². The lowest BCUT2D eigenvalue weighted by molar-refractivity contribution is -0.139. The van der Waals surface area contributed by atoms with E-state index in [1.54, 1.807) is 48.2 Å². The van der Waals surface area contributed by atoms with Gasteiger partial charge in [0.1, 0.15) is 5.75 Å². The largest absolute Gasteiger partial charge is 0.481 e. The number of sulfonamides is 1. The number of piperidine rings is 1. The fourth-order valence-electron chi connectivity index (χ4n) is 3.66. The summed E-state index contributed by atoms with van der Waals surface area (Å²) in [7, 11) is -3.57. The summed E-state index contributed by atoms with van der Waals surface area (Å²) in [5, 5.41) is 0.651. The molecule has 31 heavy (non-hydrogen) atoms. The van der Waals surface area contributed by atoms with Crippen molar-refractivity contribution in [3.05, 3.63) is 58.6 Å².